The Balaban J connectivity index is 1.90. The Kier molecular flexibility index (Phi) is 5.04. The average Bonchev–Trinajstić information content (AvgIpc) is 2.79. The molecule has 5 heteroatoms. The molecule has 1 aliphatic rings. The first-order valence-electron chi connectivity index (χ1n) is 7.90. The van der Waals surface area contributed by atoms with E-state index in [4.69, 9.17) is 0 Å². The third-order valence-electron chi connectivity index (χ3n) is 4.18. The van der Waals surface area contributed by atoms with E-state index in [9.17, 15) is 4.79 Å². The molecule has 1 aromatic rings. The predicted octanol–water partition coefficient (Wildman–Crippen LogP) is 2.20. The highest BCUT2D eigenvalue weighted by Gasteiger charge is 2.24. The zero-order valence-electron chi connectivity index (χ0n) is 13.7. The van der Waals surface area contributed by atoms with Crippen LogP contribution in [-0.4, -0.2) is 40.6 Å². The Morgan fingerprint density at radius 1 is 1.43 bits per heavy atom. The van der Waals surface area contributed by atoms with Crippen molar-refractivity contribution in [2.75, 3.05) is 13.6 Å². The number of likely N-dealkylation sites (tertiary alicyclic amines) is 1. The van der Waals surface area contributed by atoms with Crippen molar-refractivity contribution in [2.24, 2.45) is 0 Å². The fraction of sp³-hybridized carbons (Fsp3) is 0.750. The first-order valence-corrected chi connectivity index (χ1v) is 7.90. The van der Waals surface area contributed by atoms with Gasteiger partial charge in [-0.1, -0.05) is 33.6 Å². The number of hydrogen-bond acceptors (Lipinski definition) is 3. The van der Waals surface area contributed by atoms with E-state index < -0.39 is 0 Å². The Morgan fingerprint density at radius 3 is 2.86 bits per heavy atom. The van der Waals surface area contributed by atoms with E-state index in [0.29, 0.717) is 6.54 Å². The maximum atomic E-state index is 12.4. The van der Waals surface area contributed by atoms with Gasteiger partial charge in [0, 0.05) is 5.41 Å². The van der Waals surface area contributed by atoms with Crippen LogP contribution < -0.4 is 5.32 Å². The smallest absolute Gasteiger partial charge is 0.237 e. The van der Waals surface area contributed by atoms with Gasteiger partial charge in [-0.05, 0) is 32.5 Å². The molecule has 1 aliphatic heterocycles. The van der Waals surface area contributed by atoms with Gasteiger partial charge in [-0.15, -0.1) is 0 Å². The summed E-state index contributed by atoms with van der Waals surface area (Å²) in [5.74, 6) is 0.131. The van der Waals surface area contributed by atoms with Gasteiger partial charge in [0.05, 0.1) is 24.0 Å². The van der Waals surface area contributed by atoms with Crippen LogP contribution in [0, 0.1) is 0 Å². The normalized spacial score (nSPS) is 21.0. The van der Waals surface area contributed by atoms with Crippen molar-refractivity contribution in [3.05, 3.63) is 17.5 Å². The van der Waals surface area contributed by atoms with Crippen molar-refractivity contribution >= 4 is 5.91 Å². The fourth-order valence-electron chi connectivity index (χ4n) is 2.72. The molecule has 2 N–H and O–H groups in total. The lowest BCUT2D eigenvalue weighted by atomic mass is 9.92. The number of likely N-dealkylation sites (N-methyl/N-ethyl adjacent to an activating group) is 1. The van der Waals surface area contributed by atoms with Gasteiger partial charge in [-0.25, -0.2) is 0 Å². The lowest BCUT2D eigenvalue weighted by Crippen LogP contribution is -2.44. The van der Waals surface area contributed by atoms with Crippen molar-refractivity contribution in [3.63, 3.8) is 0 Å². The molecule has 5 nitrogen and oxygen atoms in total. The van der Waals surface area contributed by atoms with Crippen LogP contribution in [-0.2, 0) is 16.8 Å². The maximum Gasteiger partial charge on any atom is 0.237 e. The zero-order valence-corrected chi connectivity index (χ0v) is 13.7. The molecule has 0 unspecified atom stereocenters. The molecule has 2 rings (SSSR count). The molecular weight excluding hydrogens is 264 g/mol. The standard InChI is InChI=1S/C16H28N4O/c1-16(2,3)14-10-12(18-19-14)11-17-15(21)13-8-6-5-7-9-20(13)4/h10,13H,5-9,11H2,1-4H3,(H,17,21)(H,18,19)/t13-/m1/s1. The molecule has 0 aliphatic carbocycles. The molecule has 118 valence electrons. The number of aromatic nitrogens is 2. The van der Waals surface area contributed by atoms with Crippen LogP contribution in [0.4, 0.5) is 0 Å². The maximum absolute atomic E-state index is 12.4. The highest BCUT2D eigenvalue weighted by atomic mass is 16.2. The van der Waals surface area contributed by atoms with Crippen molar-refractivity contribution in [1.82, 2.24) is 20.4 Å². The van der Waals surface area contributed by atoms with Crippen molar-refractivity contribution in [2.45, 2.75) is 64.5 Å². The van der Waals surface area contributed by atoms with Crippen molar-refractivity contribution in [1.29, 1.82) is 0 Å². The minimum atomic E-state index is 0.0116. The molecule has 0 radical (unpaired) electrons. The predicted molar refractivity (Wildman–Crippen MR) is 84.0 cm³/mol. The second kappa shape index (κ2) is 6.60. The van der Waals surface area contributed by atoms with E-state index in [1.165, 1.54) is 12.8 Å². The quantitative estimate of drug-likeness (QED) is 0.898. The summed E-state index contributed by atoms with van der Waals surface area (Å²) in [6.07, 6.45) is 4.51. The van der Waals surface area contributed by atoms with Gasteiger partial charge in [0.2, 0.25) is 5.91 Å². The Bertz CT molecular complexity index is 475. The monoisotopic (exact) mass is 292 g/mol. The Hall–Kier alpha value is -1.36. The van der Waals surface area contributed by atoms with Crippen LogP contribution in [0.1, 0.15) is 57.8 Å². The number of nitrogens with zero attached hydrogens (tertiary/aromatic N) is 2. The Labute approximate surface area is 127 Å². The summed E-state index contributed by atoms with van der Waals surface area (Å²) in [5.41, 5.74) is 2.02. The third-order valence-corrected chi connectivity index (χ3v) is 4.18. The van der Waals surface area contributed by atoms with Crippen LogP contribution in [0.15, 0.2) is 6.07 Å². The highest BCUT2D eigenvalue weighted by Crippen LogP contribution is 2.20. The van der Waals surface area contributed by atoms with Gasteiger partial charge in [0.1, 0.15) is 0 Å². The molecule has 1 amide bonds. The summed E-state index contributed by atoms with van der Waals surface area (Å²) in [4.78, 5) is 14.5. The molecule has 1 saturated heterocycles. The average molecular weight is 292 g/mol. The lowest BCUT2D eigenvalue weighted by molar-refractivity contribution is -0.126. The molecule has 2 heterocycles. The van der Waals surface area contributed by atoms with Crippen LogP contribution in [0.25, 0.3) is 0 Å². The third kappa shape index (κ3) is 4.30. The van der Waals surface area contributed by atoms with Gasteiger partial charge < -0.3 is 5.32 Å². The molecular formula is C16H28N4O. The zero-order chi connectivity index (χ0) is 15.5. The van der Waals surface area contributed by atoms with Gasteiger partial charge in [-0.3, -0.25) is 14.8 Å². The van der Waals surface area contributed by atoms with Crippen LogP contribution in [0.2, 0.25) is 0 Å². The van der Waals surface area contributed by atoms with Gasteiger partial charge in [0.15, 0.2) is 0 Å². The summed E-state index contributed by atoms with van der Waals surface area (Å²) in [6.45, 7) is 7.92. The SMILES string of the molecule is CN1CCCCC[C@@H]1C(=O)NCc1cc(C(C)(C)C)n[nH]1. The second-order valence-electron chi connectivity index (χ2n) is 7.09. The molecule has 0 aromatic carbocycles. The van der Waals surface area contributed by atoms with E-state index in [1.807, 2.05) is 13.1 Å². The molecule has 1 atom stereocenters. The van der Waals surface area contributed by atoms with E-state index in [-0.39, 0.29) is 17.4 Å². The molecule has 21 heavy (non-hydrogen) atoms. The van der Waals surface area contributed by atoms with E-state index in [0.717, 1.165) is 30.8 Å². The number of amides is 1. The second-order valence-corrected chi connectivity index (χ2v) is 7.09. The van der Waals surface area contributed by atoms with Crippen molar-refractivity contribution < 1.29 is 4.79 Å². The summed E-state index contributed by atoms with van der Waals surface area (Å²) >= 11 is 0. The first kappa shape index (κ1) is 16.0. The summed E-state index contributed by atoms with van der Waals surface area (Å²) < 4.78 is 0. The molecule has 0 saturated carbocycles. The minimum absolute atomic E-state index is 0.0116. The first-order chi connectivity index (χ1) is 9.88. The fourth-order valence-corrected chi connectivity index (χ4v) is 2.72. The number of H-pyrrole nitrogens is 1. The largest absolute Gasteiger partial charge is 0.349 e. The number of carbonyl (C=O) groups is 1. The number of nitrogens with one attached hydrogen (secondary N) is 2. The van der Waals surface area contributed by atoms with E-state index in [2.05, 4.69) is 41.2 Å². The number of rotatable bonds is 3. The molecule has 1 aromatic heterocycles. The molecule has 0 spiro atoms. The van der Waals surface area contributed by atoms with Crippen molar-refractivity contribution in [3.8, 4) is 0 Å². The number of aromatic amines is 1. The topological polar surface area (TPSA) is 61.0 Å². The number of carbonyl (C=O) groups excluding carboxylic acids is 1. The summed E-state index contributed by atoms with van der Waals surface area (Å²) in [6, 6.07) is 2.05. The van der Waals surface area contributed by atoms with Crippen LogP contribution in [0.3, 0.4) is 0 Å². The highest BCUT2D eigenvalue weighted by molar-refractivity contribution is 5.81. The molecule has 1 fully saturated rings. The van der Waals surface area contributed by atoms with E-state index in [1.54, 1.807) is 0 Å². The van der Waals surface area contributed by atoms with Gasteiger partial charge in [0.25, 0.3) is 0 Å². The molecule has 0 bridgehead atoms. The Morgan fingerprint density at radius 2 is 2.19 bits per heavy atom. The van der Waals surface area contributed by atoms with Crippen LogP contribution in [0.5, 0.6) is 0 Å². The van der Waals surface area contributed by atoms with Crippen LogP contribution >= 0.6 is 0 Å². The number of hydrogen-bond donors (Lipinski definition) is 2. The van der Waals surface area contributed by atoms with Gasteiger partial charge in [-0.2, -0.15) is 5.10 Å². The summed E-state index contributed by atoms with van der Waals surface area (Å²) in [7, 11) is 2.05. The van der Waals surface area contributed by atoms with E-state index >= 15 is 0 Å². The van der Waals surface area contributed by atoms with Gasteiger partial charge >= 0.3 is 0 Å². The minimum Gasteiger partial charge on any atom is -0.349 e. The lowest BCUT2D eigenvalue weighted by Gasteiger charge is -2.24. The summed E-state index contributed by atoms with van der Waals surface area (Å²) in [5, 5.41) is 10.4.